The lowest BCUT2D eigenvalue weighted by Gasteiger charge is -2.06. The van der Waals surface area contributed by atoms with E-state index < -0.39 is 10.1 Å². The lowest BCUT2D eigenvalue weighted by Crippen LogP contribution is -2.05. The van der Waals surface area contributed by atoms with E-state index in [0.29, 0.717) is 5.75 Å². The minimum atomic E-state index is -3.48. The monoisotopic (exact) mass is 278 g/mol. The summed E-state index contributed by atoms with van der Waals surface area (Å²) in [6, 6.07) is 14.5. The molecule has 2 rings (SSSR count). The number of benzene rings is 2. The van der Waals surface area contributed by atoms with E-state index in [9.17, 15) is 8.42 Å². The molecular formula is C14H14O4S. The Morgan fingerprint density at radius 2 is 1.21 bits per heavy atom. The number of ether oxygens (including phenoxy) is 1. The Balaban J connectivity index is 2.22. The third-order valence-corrected chi connectivity index (χ3v) is 3.02. The van der Waals surface area contributed by atoms with Gasteiger partial charge in [-0.2, -0.15) is 8.42 Å². The molecule has 2 aromatic rings. The molecule has 19 heavy (non-hydrogen) atoms. The van der Waals surface area contributed by atoms with Gasteiger partial charge in [0.25, 0.3) is 0 Å². The van der Waals surface area contributed by atoms with Crippen LogP contribution in [0, 0.1) is 0 Å². The largest absolute Gasteiger partial charge is 0.497 e. The summed E-state index contributed by atoms with van der Waals surface area (Å²) < 4.78 is 31.9. The highest BCUT2D eigenvalue weighted by Crippen LogP contribution is 2.24. The Labute approximate surface area is 112 Å². The van der Waals surface area contributed by atoms with E-state index in [4.69, 9.17) is 8.92 Å². The van der Waals surface area contributed by atoms with E-state index in [1.807, 2.05) is 36.4 Å². The second-order valence-electron chi connectivity index (χ2n) is 4.04. The topological polar surface area (TPSA) is 52.6 Å². The second kappa shape index (κ2) is 5.32. The van der Waals surface area contributed by atoms with Crippen LogP contribution < -0.4 is 8.92 Å². The van der Waals surface area contributed by atoms with Crippen molar-refractivity contribution in [2.24, 2.45) is 0 Å². The van der Waals surface area contributed by atoms with E-state index in [2.05, 4.69) is 0 Å². The van der Waals surface area contributed by atoms with Gasteiger partial charge in [-0.25, -0.2) is 0 Å². The standard InChI is InChI=1S/C14H14O4S/c1-17-13-7-3-11(4-8-13)12-5-9-14(10-6-12)18-19(2,15)16/h3-10H,1-2H3. The van der Waals surface area contributed by atoms with Crippen molar-refractivity contribution in [3.8, 4) is 22.6 Å². The van der Waals surface area contributed by atoms with Gasteiger partial charge in [0, 0.05) is 0 Å². The normalized spacial score (nSPS) is 11.1. The van der Waals surface area contributed by atoms with E-state index in [-0.39, 0.29) is 0 Å². The third-order valence-electron chi connectivity index (χ3n) is 2.53. The van der Waals surface area contributed by atoms with Crippen LogP contribution in [0.5, 0.6) is 11.5 Å². The highest BCUT2D eigenvalue weighted by molar-refractivity contribution is 7.86. The third kappa shape index (κ3) is 3.72. The van der Waals surface area contributed by atoms with Crippen molar-refractivity contribution in [2.75, 3.05) is 13.4 Å². The van der Waals surface area contributed by atoms with Crippen molar-refractivity contribution in [1.29, 1.82) is 0 Å². The molecule has 0 aliphatic carbocycles. The minimum Gasteiger partial charge on any atom is -0.497 e. The quantitative estimate of drug-likeness (QED) is 0.807. The van der Waals surface area contributed by atoms with Gasteiger partial charge < -0.3 is 8.92 Å². The Bertz CT molecular complexity index is 643. The molecule has 100 valence electrons. The van der Waals surface area contributed by atoms with Gasteiger partial charge in [-0.1, -0.05) is 24.3 Å². The number of rotatable bonds is 4. The molecule has 0 atom stereocenters. The summed E-state index contributed by atoms with van der Waals surface area (Å²) in [5.41, 5.74) is 2.00. The Morgan fingerprint density at radius 1 is 0.789 bits per heavy atom. The number of methoxy groups -OCH3 is 1. The molecule has 0 spiro atoms. The molecule has 0 saturated carbocycles. The van der Waals surface area contributed by atoms with Crippen LogP contribution in [0.25, 0.3) is 11.1 Å². The lowest BCUT2D eigenvalue weighted by atomic mass is 10.1. The van der Waals surface area contributed by atoms with Gasteiger partial charge in [-0.15, -0.1) is 0 Å². The summed E-state index contributed by atoms with van der Waals surface area (Å²) in [6.07, 6.45) is 1.02. The van der Waals surface area contributed by atoms with E-state index in [1.165, 1.54) is 0 Å². The highest BCUT2D eigenvalue weighted by atomic mass is 32.2. The molecule has 0 radical (unpaired) electrons. The van der Waals surface area contributed by atoms with Crippen molar-refractivity contribution < 1.29 is 17.3 Å². The molecule has 0 aromatic heterocycles. The van der Waals surface area contributed by atoms with Crippen LogP contribution in [-0.4, -0.2) is 21.8 Å². The van der Waals surface area contributed by atoms with Crippen molar-refractivity contribution in [3.05, 3.63) is 48.5 Å². The summed E-state index contributed by atoms with van der Waals surface area (Å²) in [5, 5.41) is 0. The van der Waals surface area contributed by atoms with Gasteiger partial charge in [-0.05, 0) is 35.4 Å². The Morgan fingerprint density at radius 3 is 1.58 bits per heavy atom. The first-order valence-electron chi connectivity index (χ1n) is 5.62. The number of hydrogen-bond acceptors (Lipinski definition) is 4. The molecule has 0 heterocycles. The van der Waals surface area contributed by atoms with Gasteiger partial charge in [0.2, 0.25) is 0 Å². The van der Waals surface area contributed by atoms with Crippen LogP contribution in [0.2, 0.25) is 0 Å². The van der Waals surface area contributed by atoms with Gasteiger partial charge >= 0.3 is 10.1 Å². The molecule has 5 heteroatoms. The summed E-state index contributed by atoms with van der Waals surface area (Å²) >= 11 is 0. The molecule has 0 N–H and O–H groups in total. The van der Waals surface area contributed by atoms with Crippen LogP contribution in [0.3, 0.4) is 0 Å². The van der Waals surface area contributed by atoms with Gasteiger partial charge in [-0.3, -0.25) is 0 Å². The fourth-order valence-corrected chi connectivity index (χ4v) is 2.12. The zero-order valence-corrected chi connectivity index (χ0v) is 11.5. The van der Waals surface area contributed by atoms with E-state index >= 15 is 0 Å². The molecule has 0 fully saturated rings. The van der Waals surface area contributed by atoms with Crippen LogP contribution in [0.15, 0.2) is 48.5 Å². The zero-order chi connectivity index (χ0) is 13.9. The van der Waals surface area contributed by atoms with Crippen LogP contribution >= 0.6 is 0 Å². The molecule has 0 unspecified atom stereocenters. The molecule has 0 saturated heterocycles. The molecule has 0 bridgehead atoms. The first-order valence-corrected chi connectivity index (χ1v) is 7.43. The van der Waals surface area contributed by atoms with Gasteiger partial charge in [0.1, 0.15) is 11.5 Å². The van der Waals surface area contributed by atoms with Crippen molar-refractivity contribution in [3.63, 3.8) is 0 Å². The van der Waals surface area contributed by atoms with Crippen molar-refractivity contribution in [2.45, 2.75) is 0 Å². The first-order chi connectivity index (χ1) is 8.98. The lowest BCUT2D eigenvalue weighted by molar-refractivity contribution is 0.415. The molecule has 4 nitrogen and oxygen atoms in total. The fraction of sp³-hybridized carbons (Fsp3) is 0.143. The first kappa shape index (κ1) is 13.4. The maximum atomic E-state index is 11.0. The van der Waals surface area contributed by atoms with Gasteiger partial charge in [0.05, 0.1) is 13.4 Å². The van der Waals surface area contributed by atoms with Gasteiger partial charge in [0.15, 0.2) is 0 Å². The number of hydrogen-bond donors (Lipinski definition) is 0. The van der Waals surface area contributed by atoms with E-state index in [1.54, 1.807) is 19.2 Å². The predicted molar refractivity (Wildman–Crippen MR) is 73.9 cm³/mol. The van der Waals surface area contributed by atoms with E-state index in [0.717, 1.165) is 23.1 Å². The van der Waals surface area contributed by atoms with Crippen molar-refractivity contribution >= 4 is 10.1 Å². The Kier molecular flexibility index (Phi) is 3.76. The molecule has 2 aromatic carbocycles. The highest BCUT2D eigenvalue weighted by Gasteiger charge is 2.04. The zero-order valence-electron chi connectivity index (χ0n) is 10.7. The molecule has 0 amide bonds. The Hall–Kier alpha value is -2.01. The van der Waals surface area contributed by atoms with Crippen molar-refractivity contribution in [1.82, 2.24) is 0 Å². The summed E-state index contributed by atoms with van der Waals surface area (Å²) in [6.45, 7) is 0. The average molecular weight is 278 g/mol. The van der Waals surface area contributed by atoms with Crippen LogP contribution in [0.1, 0.15) is 0 Å². The summed E-state index contributed by atoms with van der Waals surface area (Å²) in [7, 11) is -1.86. The van der Waals surface area contributed by atoms with Crippen LogP contribution in [-0.2, 0) is 10.1 Å². The summed E-state index contributed by atoms with van der Waals surface area (Å²) in [5.74, 6) is 1.10. The maximum Gasteiger partial charge on any atom is 0.306 e. The fourth-order valence-electron chi connectivity index (χ4n) is 1.66. The molecular weight excluding hydrogens is 264 g/mol. The second-order valence-corrected chi connectivity index (χ2v) is 5.62. The smallest absolute Gasteiger partial charge is 0.306 e. The van der Waals surface area contributed by atoms with Crippen LogP contribution in [0.4, 0.5) is 0 Å². The minimum absolute atomic E-state index is 0.305. The summed E-state index contributed by atoms with van der Waals surface area (Å²) in [4.78, 5) is 0. The molecule has 0 aliphatic rings. The molecule has 0 aliphatic heterocycles. The SMILES string of the molecule is COc1ccc(-c2ccc(OS(C)(=O)=O)cc2)cc1. The predicted octanol–water partition coefficient (Wildman–Crippen LogP) is 2.70. The maximum absolute atomic E-state index is 11.0. The average Bonchev–Trinajstić information content (AvgIpc) is 2.38.